The lowest BCUT2D eigenvalue weighted by molar-refractivity contribution is 1.09. The van der Waals surface area contributed by atoms with Gasteiger partial charge >= 0.3 is 0 Å². The summed E-state index contributed by atoms with van der Waals surface area (Å²) < 4.78 is 1.24. The van der Waals surface area contributed by atoms with Crippen molar-refractivity contribution >= 4 is 54.5 Å². The van der Waals surface area contributed by atoms with Crippen LogP contribution in [0.4, 0.5) is 0 Å². The first kappa shape index (κ1) is 9.92. The Hall–Kier alpha value is 0.840. The molecule has 0 aliphatic heterocycles. The first-order chi connectivity index (χ1) is 5.26. The van der Waals surface area contributed by atoms with Crippen molar-refractivity contribution in [1.82, 2.24) is 4.98 Å². The Morgan fingerprint density at radius 2 is 1.64 bits per heavy atom. The van der Waals surface area contributed by atoms with E-state index in [4.69, 9.17) is 0 Å². The van der Waals surface area contributed by atoms with Gasteiger partial charge in [0.1, 0.15) is 0 Å². The van der Waals surface area contributed by atoms with Crippen LogP contribution < -0.4 is 0 Å². The Morgan fingerprint density at radius 3 is 2.00 bits per heavy atom. The largest absolute Gasteiger partial charge is 0.256 e. The molecule has 0 fully saturated rings. The van der Waals surface area contributed by atoms with E-state index in [0.29, 0.717) is 0 Å². The lowest BCUT2D eigenvalue weighted by Crippen LogP contribution is -1.91. The van der Waals surface area contributed by atoms with Crippen molar-refractivity contribution < 1.29 is 0 Å². The van der Waals surface area contributed by atoms with Crippen LogP contribution in [-0.4, -0.2) is 4.98 Å². The number of aromatic nitrogens is 1. The van der Waals surface area contributed by atoms with Crippen molar-refractivity contribution in [2.45, 2.75) is 10.7 Å². The Balaban J connectivity index is 3.02. The molecule has 1 nitrogen and oxygen atoms in total. The van der Waals surface area contributed by atoms with Gasteiger partial charge in [-0.15, -0.1) is 0 Å². The number of alkyl halides is 2. The molecule has 60 valence electrons. The van der Waals surface area contributed by atoms with Gasteiger partial charge in [-0.2, -0.15) is 0 Å². The molecule has 4 heteroatoms. The zero-order valence-electron chi connectivity index (χ0n) is 5.65. The molecule has 0 amide bonds. The maximum Gasteiger partial charge on any atom is 0.0523 e. The number of rotatable bonds is 2. The minimum absolute atomic E-state index is 0.823. The lowest BCUT2D eigenvalue weighted by Gasteiger charge is -1.99. The fourth-order valence-corrected chi connectivity index (χ4v) is 2.04. The predicted octanol–water partition coefficient (Wildman–Crippen LogP) is 3.48. The predicted molar refractivity (Wildman–Crippen MR) is 62.2 cm³/mol. The van der Waals surface area contributed by atoms with Crippen LogP contribution in [0.1, 0.15) is 11.4 Å². The summed E-state index contributed by atoms with van der Waals surface area (Å²) in [5, 5.41) is 1.65. The smallest absolute Gasteiger partial charge is 0.0523 e. The van der Waals surface area contributed by atoms with E-state index in [0.717, 1.165) is 22.0 Å². The van der Waals surface area contributed by atoms with Crippen LogP contribution in [0.5, 0.6) is 0 Å². The molecule has 0 bridgehead atoms. The zero-order valence-corrected chi connectivity index (χ0v) is 11.0. The van der Waals surface area contributed by atoms with E-state index in [-0.39, 0.29) is 0 Å². The average Bonchev–Trinajstić information content (AvgIpc) is 2.03. The van der Waals surface area contributed by atoms with Gasteiger partial charge in [-0.1, -0.05) is 31.9 Å². The number of halogens is 3. The van der Waals surface area contributed by atoms with Gasteiger partial charge in [0, 0.05) is 14.2 Å². The molecule has 0 saturated carbocycles. The first-order valence-electron chi connectivity index (χ1n) is 3.03. The molecular formula is C7H6Br2IN. The Labute approximate surface area is 96.4 Å². The Kier molecular flexibility index (Phi) is 4.30. The Bertz CT molecular complexity index is 230. The fourth-order valence-electron chi connectivity index (χ4n) is 0.746. The summed E-state index contributed by atoms with van der Waals surface area (Å²) in [6, 6.07) is 4.14. The highest BCUT2D eigenvalue weighted by Gasteiger charge is 1.97. The van der Waals surface area contributed by atoms with Crippen LogP contribution in [0.3, 0.4) is 0 Å². The first-order valence-corrected chi connectivity index (χ1v) is 6.35. The molecule has 0 N–H and O–H groups in total. The lowest BCUT2D eigenvalue weighted by atomic mass is 10.3. The van der Waals surface area contributed by atoms with Crippen molar-refractivity contribution in [2.75, 3.05) is 0 Å². The van der Waals surface area contributed by atoms with Gasteiger partial charge in [0.15, 0.2) is 0 Å². The summed E-state index contributed by atoms with van der Waals surface area (Å²) in [5.41, 5.74) is 2.18. The van der Waals surface area contributed by atoms with Crippen molar-refractivity contribution in [1.29, 1.82) is 0 Å². The van der Waals surface area contributed by atoms with Crippen LogP contribution in [-0.2, 0) is 10.7 Å². The Morgan fingerprint density at radius 1 is 1.18 bits per heavy atom. The van der Waals surface area contributed by atoms with E-state index < -0.39 is 0 Å². The normalized spacial score (nSPS) is 10.1. The second-order valence-corrected chi connectivity index (χ2v) is 4.40. The summed E-state index contributed by atoms with van der Waals surface area (Å²) >= 11 is 9.04. The van der Waals surface area contributed by atoms with Gasteiger partial charge in [0.05, 0.1) is 11.4 Å². The highest BCUT2D eigenvalue weighted by molar-refractivity contribution is 14.1. The molecule has 1 aromatic rings. The molecule has 1 aromatic heterocycles. The van der Waals surface area contributed by atoms with Crippen LogP contribution in [0, 0.1) is 3.57 Å². The van der Waals surface area contributed by atoms with E-state index in [1.54, 1.807) is 0 Å². The molecule has 0 aliphatic rings. The van der Waals surface area contributed by atoms with E-state index in [9.17, 15) is 0 Å². The van der Waals surface area contributed by atoms with Crippen LogP contribution in [0.15, 0.2) is 12.1 Å². The van der Waals surface area contributed by atoms with Gasteiger partial charge < -0.3 is 0 Å². The third-order valence-electron chi connectivity index (χ3n) is 1.17. The molecule has 11 heavy (non-hydrogen) atoms. The van der Waals surface area contributed by atoms with Crippen LogP contribution >= 0.6 is 54.5 Å². The standard InChI is InChI=1S/C7H6Br2IN/c8-3-6-1-5(10)2-7(4-9)11-6/h1-2H,3-4H2. The van der Waals surface area contributed by atoms with Gasteiger partial charge in [0.25, 0.3) is 0 Å². The molecule has 0 unspecified atom stereocenters. The second-order valence-electron chi connectivity index (χ2n) is 2.04. The SMILES string of the molecule is BrCc1cc(I)cc(CBr)n1. The molecule has 1 heterocycles. The zero-order chi connectivity index (χ0) is 8.27. The highest BCUT2D eigenvalue weighted by Crippen LogP contribution is 2.12. The van der Waals surface area contributed by atoms with Crippen molar-refractivity contribution in [3.05, 3.63) is 27.1 Å². The molecule has 0 spiro atoms. The summed E-state index contributed by atoms with van der Waals surface area (Å²) in [4.78, 5) is 4.37. The monoisotopic (exact) mass is 389 g/mol. The van der Waals surface area contributed by atoms with Crippen LogP contribution in [0.25, 0.3) is 0 Å². The topological polar surface area (TPSA) is 12.9 Å². The van der Waals surface area contributed by atoms with Gasteiger partial charge in [-0.25, -0.2) is 0 Å². The molecule has 1 rings (SSSR count). The third-order valence-corrected chi connectivity index (χ3v) is 2.94. The van der Waals surface area contributed by atoms with Gasteiger partial charge in [-0.05, 0) is 34.7 Å². The summed E-state index contributed by atoms with van der Waals surface area (Å²) in [6.45, 7) is 0. The summed E-state index contributed by atoms with van der Waals surface area (Å²) in [7, 11) is 0. The van der Waals surface area contributed by atoms with E-state index in [2.05, 4.69) is 71.6 Å². The molecule has 0 saturated heterocycles. The number of hydrogen-bond acceptors (Lipinski definition) is 1. The van der Waals surface area contributed by atoms with E-state index in [1.807, 2.05) is 0 Å². The summed E-state index contributed by atoms with van der Waals surface area (Å²) in [6.07, 6.45) is 0. The average molecular weight is 391 g/mol. The number of pyridine rings is 1. The maximum absolute atomic E-state index is 4.37. The van der Waals surface area contributed by atoms with Gasteiger partial charge in [0.2, 0.25) is 0 Å². The molecule has 0 atom stereocenters. The van der Waals surface area contributed by atoms with Crippen molar-refractivity contribution in [3.63, 3.8) is 0 Å². The second kappa shape index (κ2) is 4.77. The molecule has 0 aromatic carbocycles. The van der Waals surface area contributed by atoms with E-state index in [1.165, 1.54) is 3.57 Å². The summed E-state index contributed by atoms with van der Waals surface area (Å²) in [5.74, 6) is 0. The minimum Gasteiger partial charge on any atom is -0.256 e. The minimum atomic E-state index is 0.823. The van der Waals surface area contributed by atoms with Crippen molar-refractivity contribution in [2.24, 2.45) is 0 Å². The number of hydrogen-bond donors (Lipinski definition) is 0. The third kappa shape index (κ3) is 2.99. The van der Waals surface area contributed by atoms with Crippen LogP contribution in [0.2, 0.25) is 0 Å². The van der Waals surface area contributed by atoms with E-state index >= 15 is 0 Å². The molecule has 0 radical (unpaired) electrons. The highest BCUT2D eigenvalue weighted by atomic mass is 127. The molecule has 0 aliphatic carbocycles. The van der Waals surface area contributed by atoms with Gasteiger partial charge in [-0.3, -0.25) is 4.98 Å². The fraction of sp³-hybridized carbons (Fsp3) is 0.286. The molecular weight excluding hydrogens is 385 g/mol. The van der Waals surface area contributed by atoms with Crippen molar-refractivity contribution in [3.8, 4) is 0 Å². The number of nitrogens with zero attached hydrogens (tertiary/aromatic N) is 1. The quantitative estimate of drug-likeness (QED) is 0.556. The maximum atomic E-state index is 4.37.